The van der Waals surface area contributed by atoms with Gasteiger partial charge >= 0.3 is 0 Å². The third kappa shape index (κ3) is 3.81. The number of carbonyl (C=O) groups is 1. The van der Waals surface area contributed by atoms with Crippen molar-refractivity contribution in [1.29, 1.82) is 0 Å². The summed E-state index contributed by atoms with van der Waals surface area (Å²) in [6.07, 6.45) is 8.41. The zero-order valence-electron chi connectivity index (χ0n) is 14.6. The van der Waals surface area contributed by atoms with E-state index in [9.17, 15) is 4.79 Å². The molecule has 0 bridgehead atoms. The second kappa shape index (κ2) is 7.80. The van der Waals surface area contributed by atoms with E-state index in [1.807, 2.05) is 30.3 Å². The minimum absolute atomic E-state index is 0.115. The Morgan fingerprint density at radius 3 is 2.59 bits per heavy atom. The lowest BCUT2D eigenvalue weighted by molar-refractivity contribution is -0.125. The Balaban J connectivity index is 1.38. The Morgan fingerprint density at radius 1 is 1.04 bits per heavy atom. The fraction of sp³-hybridized carbons (Fsp3) is 0.182. The van der Waals surface area contributed by atoms with Gasteiger partial charge in [-0.05, 0) is 23.3 Å². The first-order valence-corrected chi connectivity index (χ1v) is 9.25. The summed E-state index contributed by atoms with van der Waals surface area (Å²) < 4.78 is 0. The van der Waals surface area contributed by atoms with E-state index >= 15 is 0 Å². The summed E-state index contributed by atoms with van der Waals surface area (Å²) in [5.74, 6) is 0.230. The van der Waals surface area contributed by atoms with Crippen LogP contribution in [0.3, 0.4) is 0 Å². The summed E-state index contributed by atoms with van der Waals surface area (Å²) in [6.45, 7) is 0.313. The van der Waals surface area contributed by atoms with Crippen LogP contribution >= 0.6 is 11.6 Å². The maximum atomic E-state index is 12.0. The second-order valence-electron chi connectivity index (χ2n) is 6.56. The smallest absolute Gasteiger partial charge is 0.261 e. The van der Waals surface area contributed by atoms with E-state index in [2.05, 4.69) is 40.8 Å². The highest BCUT2D eigenvalue weighted by atomic mass is 35.5. The Hall–Kier alpha value is -2.85. The molecule has 5 heteroatoms. The second-order valence-corrected chi connectivity index (χ2v) is 7.00. The first kappa shape index (κ1) is 17.6. The number of benzene rings is 2. The van der Waals surface area contributed by atoms with Crippen LogP contribution < -0.4 is 5.32 Å². The van der Waals surface area contributed by atoms with Crippen LogP contribution in [0.2, 0.25) is 5.02 Å². The quantitative estimate of drug-likeness (QED) is 0.792. The lowest BCUT2D eigenvalue weighted by atomic mass is 9.88. The normalized spacial score (nSPS) is 21.0. The van der Waals surface area contributed by atoms with Crippen molar-refractivity contribution in [3.05, 3.63) is 94.5 Å². The lowest BCUT2D eigenvalue weighted by Gasteiger charge is -2.15. The van der Waals surface area contributed by atoms with E-state index < -0.39 is 0 Å². The van der Waals surface area contributed by atoms with Gasteiger partial charge in [0.2, 0.25) is 0 Å². The van der Waals surface area contributed by atoms with Gasteiger partial charge in [-0.2, -0.15) is 0 Å². The van der Waals surface area contributed by atoms with Crippen LogP contribution in [0, 0.1) is 5.92 Å². The summed E-state index contributed by atoms with van der Waals surface area (Å²) in [5.41, 5.74) is 4.19. The van der Waals surface area contributed by atoms with Crippen LogP contribution in [-0.2, 0) is 16.2 Å². The minimum atomic E-state index is -0.212. The number of amides is 1. The number of allylic oxidation sites excluding steroid dienone is 4. The number of hydrogen-bond donors (Lipinski definition) is 1. The van der Waals surface area contributed by atoms with Gasteiger partial charge in [0.25, 0.3) is 5.91 Å². The molecule has 0 spiro atoms. The first-order valence-electron chi connectivity index (χ1n) is 8.87. The molecule has 2 aliphatic carbocycles. The molecule has 0 heterocycles. The van der Waals surface area contributed by atoms with Crippen molar-refractivity contribution in [3.8, 4) is 0 Å². The SMILES string of the molecule is O=C(CO/N=C1\c2ccccc2[C@@H]2C=CC=C[C@H]12)NCc1ccc(Cl)cc1. The summed E-state index contributed by atoms with van der Waals surface area (Å²) >= 11 is 5.86. The van der Waals surface area contributed by atoms with E-state index in [1.165, 1.54) is 5.56 Å². The molecular weight excluding hydrogens is 360 g/mol. The molecule has 0 aliphatic heterocycles. The molecule has 1 N–H and O–H groups in total. The average Bonchev–Trinajstić information content (AvgIpc) is 3.02. The number of carbonyl (C=O) groups excluding carboxylic acids is 1. The van der Waals surface area contributed by atoms with Crippen LogP contribution in [0.1, 0.15) is 22.6 Å². The molecular formula is C22H19ClN2O2. The van der Waals surface area contributed by atoms with Crippen LogP contribution in [0.15, 0.2) is 78.0 Å². The molecule has 2 atom stereocenters. The van der Waals surface area contributed by atoms with E-state index in [0.29, 0.717) is 11.6 Å². The van der Waals surface area contributed by atoms with Gasteiger partial charge in [-0.3, -0.25) is 4.79 Å². The maximum absolute atomic E-state index is 12.0. The molecule has 27 heavy (non-hydrogen) atoms. The highest BCUT2D eigenvalue weighted by Crippen LogP contribution is 2.41. The highest BCUT2D eigenvalue weighted by molar-refractivity contribution is 6.30. The Morgan fingerprint density at radius 2 is 1.78 bits per heavy atom. The number of hydrogen-bond acceptors (Lipinski definition) is 3. The van der Waals surface area contributed by atoms with E-state index in [0.717, 1.165) is 16.8 Å². The summed E-state index contributed by atoms with van der Waals surface area (Å²) in [6, 6.07) is 15.6. The number of halogens is 1. The van der Waals surface area contributed by atoms with Gasteiger partial charge < -0.3 is 10.2 Å². The molecule has 2 aliphatic rings. The molecule has 1 amide bonds. The van der Waals surface area contributed by atoms with Gasteiger partial charge in [0.15, 0.2) is 6.61 Å². The Kier molecular flexibility index (Phi) is 5.07. The first-order chi connectivity index (χ1) is 13.2. The van der Waals surface area contributed by atoms with Crippen LogP contribution in [0.4, 0.5) is 0 Å². The number of nitrogens with one attached hydrogen (secondary N) is 1. The van der Waals surface area contributed by atoms with Gasteiger partial charge in [-0.15, -0.1) is 0 Å². The van der Waals surface area contributed by atoms with Crippen molar-refractivity contribution in [3.63, 3.8) is 0 Å². The predicted octanol–water partition coefficient (Wildman–Crippen LogP) is 4.22. The van der Waals surface area contributed by atoms with Crippen molar-refractivity contribution < 1.29 is 9.63 Å². The molecule has 0 unspecified atom stereocenters. The molecule has 2 aromatic carbocycles. The topological polar surface area (TPSA) is 50.7 Å². The van der Waals surface area contributed by atoms with Crippen molar-refractivity contribution in [2.24, 2.45) is 11.1 Å². The molecule has 136 valence electrons. The van der Waals surface area contributed by atoms with Crippen molar-refractivity contribution in [2.75, 3.05) is 6.61 Å². The summed E-state index contributed by atoms with van der Waals surface area (Å²) in [7, 11) is 0. The zero-order chi connectivity index (χ0) is 18.6. The standard InChI is InChI=1S/C22H19ClN2O2/c23-16-11-9-15(10-12-16)13-24-21(26)14-27-25-22-19-7-3-1-5-17(19)18-6-2-4-8-20(18)22/h1-12,17,19H,13-14H2,(H,24,26)/b25-22-/t17-,19-/m0/s1. The van der Waals surface area contributed by atoms with Gasteiger partial charge in [0.05, 0.1) is 5.71 Å². The van der Waals surface area contributed by atoms with Crippen molar-refractivity contribution in [2.45, 2.75) is 12.5 Å². The largest absolute Gasteiger partial charge is 0.385 e. The lowest BCUT2D eigenvalue weighted by Crippen LogP contribution is -2.26. The van der Waals surface area contributed by atoms with E-state index in [-0.39, 0.29) is 24.3 Å². The molecule has 4 rings (SSSR count). The van der Waals surface area contributed by atoms with Gasteiger partial charge in [-0.1, -0.05) is 77.5 Å². The molecule has 0 fully saturated rings. The van der Waals surface area contributed by atoms with Gasteiger partial charge in [-0.25, -0.2) is 0 Å². The third-order valence-electron chi connectivity index (χ3n) is 4.81. The van der Waals surface area contributed by atoms with Crippen LogP contribution in [-0.4, -0.2) is 18.2 Å². The fourth-order valence-corrected chi connectivity index (χ4v) is 3.62. The minimum Gasteiger partial charge on any atom is -0.385 e. The fourth-order valence-electron chi connectivity index (χ4n) is 3.49. The molecule has 0 saturated carbocycles. The number of fused-ring (bicyclic) bond motifs is 3. The van der Waals surface area contributed by atoms with E-state index in [1.54, 1.807) is 12.1 Å². The van der Waals surface area contributed by atoms with Gasteiger partial charge in [0.1, 0.15) is 0 Å². The molecule has 2 aromatic rings. The molecule has 0 aromatic heterocycles. The summed E-state index contributed by atoms with van der Waals surface area (Å²) in [5, 5.41) is 7.80. The highest BCUT2D eigenvalue weighted by Gasteiger charge is 2.36. The number of nitrogens with zero attached hydrogens (tertiary/aromatic N) is 1. The van der Waals surface area contributed by atoms with Crippen LogP contribution in [0.5, 0.6) is 0 Å². The maximum Gasteiger partial charge on any atom is 0.261 e. The van der Waals surface area contributed by atoms with E-state index in [4.69, 9.17) is 16.4 Å². The molecule has 0 radical (unpaired) electrons. The summed E-state index contributed by atoms with van der Waals surface area (Å²) in [4.78, 5) is 17.4. The van der Waals surface area contributed by atoms with Gasteiger partial charge in [0, 0.05) is 29.0 Å². The molecule has 0 saturated heterocycles. The zero-order valence-corrected chi connectivity index (χ0v) is 15.4. The average molecular weight is 379 g/mol. The number of rotatable bonds is 5. The Bertz CT molecular complexity index is 932. The molecule has 4 nitrogen and oxygen atoms in total. The number of oxime groups is 1. The Labute approximate surface area is 163 Å². The third-order valence-corrected chi connectivity index (χ3v) is 5.06. The van der Waals surface area contributed by atoms with Crippen molar-refractivity contribution >= 4 is 23.2 Å². The van der Waals surface area contributed by atoms with Crippen molar-refractivity contribution in [1.82, 2.24) is 5.32 Å². The van der Waals surface area contributed by atoms with Crippen LogP contribution in [0.25, 0.3) is 0 Å². The predicted molar refractivity (Wildman–Crippen MR) is 107 cm³/mol. The monoisotopic (exact) mass is 378 g/mol.